The molecule has 2 heteroatoms. The molecule has 0 saturated heterocycles. The quantitative estimate of drug-likeness (QED) is 0.771. The van der Waals surface area contributed by atoms with E-state index in [0.29, 0.717) is 0 Å². The van der Waals surface area contributed by atoms with E-state index in [1.165, 1.54) is 6.42 Å². The second-order valence-corrected chi connectivity index (χ2v) is 3.80. The number of rotatable bonds is 1. The average molecular weight is 230 g/mol. The van der Waals surface area contributed by atoms with Crippen LogP contribution in [-0.4, -0.2) is 10.2 Å². The van der Waals surface area contributed by atoms with Gasteiger partial charge in [0.25, 0.3) is 0 Å². The van der Waals surface area contributed by atoms with Crippen molar-refractivity contribution in [1.82, 2.24) is 0 Å². The third-order valence-electron chi connectivity index (χ3n) is 2.07. The van der Waals surface area contributed by atoms with Crippen molar-refractivity contribution in [2.45, 2.75) is 20.3 Å². The molecular formula is C15H18O2. The van der Waals surface area contributed by atoms with E-state index in [1.54, 1.807) is 24.3 Å². The summed E-state index contributed by atoms with van der Waals surface area (Å²) in [6.45, 7) is 4.25. The molecule has 0 saturated carbocycles. The highest BCUT2D eigenvalue weighted by molar-refractivity contribution is 5.64. The van der Waals surface area contributed by atoms with E-state index in [-0.39, 0.29) is 11.5 Å². The molecule has 0 aliphatic rings. The average Bonchev–Trinajstić information content (AvgIpc) is 2.32. The monoisotopic (exact) mass is 230 g/mol. The standard InChI is InChI=1S/C12H10O2.C3H8/c13-11-5-1-9(2-6-11)10-3-7-12(14)8-4-10;1-3-2/h1-8,13-14H;3H2,1-2H3. The van der Waals surface area contributed by atoms with E-state index < -0.39 is 0 Å². The topological polar surface area (TPSA) is 40.5 Å². The van der Waals surface area contributed by atoms with Crippen LogP contribution >= 0.6 is 0 Å². The van der Waals surface area contributed by atoms with Crippen LogP contribution in [0.5, 0.6) is 11.5 Å². The number of hydrogen-bond acceptors (Lipinski definition) is 2. The largest absolute Gasteiger partial charge is 0.508 e. The minimum absolute atomic E-state index is 0.257. The first-order valence-corrected chi connectivity index (χ1v) is 5.75. The molecule has 17 heavy (non-hydrogen) atoms. The summed E-state index contributed by atoms with van der Waals surface area (Å²) in [6, 6.07) is 13.9. The van der Waals surface area contributed by atoms with E-state index in [2.05, 4.69) is 13.8 Å². The molecule has 0 fully saturated rings. The number of phenols is 2. The highest BCUT2D eigenvalue weighted by Crippen LogP contribution is 2.23. The van der Waals surface area contributed by atoms with Gasteiger partial charge in [0.1, 0.15) is 11.5 Å². The second-order valence-electron chi connectivity index (χ2n) is 3.80. The third-order valence-corrected chi connectivity index (χ3v) is 2.07. The van der Waals surface area contributed by atoms with Crippen LogP contribution in [0.3, 0.4) is 0 Å². The molecule has 2 aromatic rings. The highest BCUT2D eigenvalue weighted by Gasteiger charge is 1.96. The van der Waals surface area contributed by atoms with Crippen LogP contribution in [0.2, 0.25) is 0 Å². The van der Waals surface area contributed by atoms with Crippen molar-refractivity contribution in [3.63, 3.8) is 0 Å². The molecule has 0 amide bonds. The van der Waals surface area contributed by atoms with Gasteiger partial charge in [0.15, 0.2) is 0 Å². The zero-order valence-electron chi connectivity index (χ0n) is 10.2. The van der Waals surface area contributed by atoms with Crippen molar-refractivity contribution in [2.24, 2.45) is 0 Å². The smallest absolute Gasteiger partial charge is 0.115 e. The van der Waals surface area contributed by atoms with E-state index in [9.17, 15) is 0 Å². The van der Waals surface area contributed by atoms with Gasteiger partial charge in [-0.05, 0) is 35.4 Å². The summed E-state index contributed by atoms with van der Waals surface area (Å²) in [5.41, 5.74) is 2.03. The van der Waals surface area contributed by atoms with Crippen LogP contribution in [-0.2, 0) is 0 Å². The van der Waals surface area contributed by atoms with Crippen LogP contribution < -0.4 is 0 Å². The van der Waals surface area contributed by atoms with Crippen LogP contribution in [0.25, 0.3) is 11.1 Å². The Morgan fingerprint density at radius 2 is 0.882 bits per heavy atom. The molecule has 0 aliphatic heterocycles. The fourth-order valence-electron chi connectivity index (χ4n) is 1.31. The Bertz CT molecular complexity index is 386. The molecule has 0 radical (unpaired) electrons. The van der Waals surface area contributed by atoms with Gasteiger partial charge in [-0.15, -0.1) is 0 Å². The van der Waals surface area contributed by atoms with Crippen LogP contribution in [0.15, 0.2) is 48.5 Å². The molecule has 2 aromatic carbocycles. The normalized spacial score (nSPS) is 9.29. The van der Waals surface area contributed by atoms with Crippen LogP contribution in [0.4, 0.5) is 0 Å². The molecule has 2 rings (SSSR count). The van der Waals surface area contributed by atoms with E-state index in [4.69, 9.17) is 10.2 Å². The molecule has 2 N–H and O–H groups in total. The number of aromatic hydroxyl groups is 2. The van der Waals surface area contributed by atoms with Crippen molar-refractivity contribution in [3.8, 4) is 22.6 Å². The minimum Gasteiger partial charge on any atom is -0.508 e. The van der Waals surface area contributed by atoms with Gasteiger partial charge in [0.05, 0.1) is 0 Å². The summed E-state index contributed by atoms with van der Waals surface area (Å²) in [5.74, 6) is 0.514. The highest BCUT2D eigenvalue weighted by atomic mass is 16.3. The second kappa shape index (κ2) is 6.59. The molecule has 2 nitrogen and oxygen atoms in total. The van der Waals surface area contributed by atoms with Gasteiger partial charge < -0.3 is 10.2 Å². The van der Waals surface area contributed by atoms with Crippen molar-refractivity contribution in [2.75, 3.05) is 0 Å². The third kappa shape index (κ3) is 4.19. The summed E-state index contributed by atoms with van der Waals surface area (Å²) in [7, 11) is 0. The summed E-state index contributed by atoms with van der Waals surface area (Å²) in [4.78, 5) is 0. The Hall–Kier alpha value is -1.96. The van der Waals surface area contributed by atoms with Crippen molar-refractivity contribution in [3.05, 3.63) is 48.5 Å². The zero-order chi connectivity index (χ0) is 12.7. The molecule has 0 heterocycles. The lowest BCUT2D eigenvalue weighted by molar-refractivity contribution is 0.474. The molecule has 0 bridgehead atoms. The van der Waals surface area contributed by atoms with E-state index in [1.807, 2.05) is 24.3 Å². The lowest BCUT2D eigenvalue weighted by atomic mass is 10.1. The van der Waals surface area contributed by atoms with Crippen molar-refractivity contribution < 1.29 is 10.2 Å². The lowest BCUT2D eigenvalue weighted by Crippen LogP contribution is -1.75. The van der Waals surface area contributed by atoms with E-state index in [0.717, 1.165) is 11.1 Å². The predicted octanol–water partition coefficient (Wildman–Crippen LogP) is 4.18. The van der Waals surface area contributed by atoms with Gasteiger partial charge in [-0.25, -0.2) is 0 Å². The maximum atomic E-state index is 9.11. The Labute approximate surface area is 102 Å². The predicted molar refractivity (Wildman–Crippen MR) is 71.2 cm³/mol. The van der Waals surface area contributed by atoms with Gasteiger partial charge in [0.2, 0.25) is 0 Å². The first-order valence-electron chi connectivity index (χ1n) is 5.75. The SMILES string of the molecule is CCC.Oc1ccc(-c2ccc(O)cc2)cc1. The number of phenolic OH excluding ortho intramolecular Hbond substituents is 2. The molecule has 0 atom stereocenters. The van der Waals surface area contributed by atoms with Crippen LogP contribution in [0, 0.1) is 0 Å². The molecule has 0 aliphatic carbocycles. The van der Waals surface area contributed by atoms with Gasteiger partial charge in [-0.1, -0.05) is 44.5 Å². The van der Waals surface area contributed by atoms with Gasteiger partial charge in [0, 0.05) is 0 Å². The first-order chi connectivity index (χ1) is 8.17. The Morgan fingerprint density at radius 3 is 1.12 bits per heavy atom. The van der Waals surface area contributed by atoms with Gasteiger partial charge >= 0.3 is 0 Å². The summed E-state index contributed by atoms with van der Waals surface area (Å²) < 4.78 is 0. The summed E-state index contributed by atoms with van der Waals surface area (Å²) in [5, 5.41) is 18.2. The minimum atomic E-state index is 0.257. The summed E-state index contributed by atoms with van der Waals surface area (Å²) in [6.07, 6.45) is 1.25. The van der Waals surface area contributed by atoms with Gasteiger partial charge in [-0.2, -0.15) is 0 Å². The zero-order valence-corrected chi connectivity index (χ0v) is 10.2. The molecule has 0 unspecified atom stereocenters. The Morgan fingerprint density at radius 1 is 0.647 bits per heavy atom. The number of benzene rings is 2. The molecule has 0 aromatic heterocycles. The maximum Gasteiger partial charge on any atom is 0.115 e. The Balaban J connectivity index is 0.000000437. The first kappa shape index (κ1) is 13.1. The molecule has 0 spiro atoms. The lowest BCUT2D eigenvalue weighted by Gasteiger charge is -2.01. The molecular weight excluding hydrogens is 212 g/mol. The maximum absolute atomic E-state index is 9.11. The van der Waals surface area contributed by atoms with Crippen LogP contribution in [0.1, 0.15) is 20.3 Å². The van der Waals surface area contributed by atoms with Gasteiger partial charge in [-0.3, -0.25) is 0 Å². The van der Waals surface area contributed by atoms with Crippen molar-refractivity contribution >= 4 is 0 Å². The summed E-state index contributed by atoms with van der Waals surface area (Å²) >= 11 is 0. The molecule has 90 valence electrons. The van der Waals surface area contributed by atoms with Crippen molar-refractivity contribution in [1.29, 1.82) is 0 Å². The fourth-order valence-corrected chi connectivity index (χ4v) is 1.31. The van der Waals surface area contributed by atoms with E-state index >= 15 is 0 Å². The Kier molecular flexibility index (Phi) is 5.08. The fraction of sp³-hybridized carbons (Fsp3) is 0.200. The number of hydrogen-bond donors (Lipinski definition) is 2.